The molecule has 1 aromatic rings. The zero-order valence-electron chi connectivity index (χ0n) is 9.08. The quantitative estimate of drug-likeness (QED) is 0.589. The van der Waals surface area contributed by atoms with Gasteiger partial charge in [0.25, 0.3) is 0 Å². The first-order valence-electron chi connectivity index (χ1n) is 4.96. The van der Waals surface area contributed by atoms with Crippen molar-refractivity contribution in [3.05, 3.63) is 29.3 Å². The first-order chi connectivity index (χ1) is 6.65. The molecule has 0 heterocycles. The lowest BCUT2D eigenvalue weighted by Crippen LogP contribution is -2.34. The summed E-state index contributed by atoms with van der Waals surface area (Å²) in [5.41, 5.74) is 2.47. The maximum Gasteiger partial charge on any atom is 0.149 e. The summed E-state index contributed by atoms with van der Waals surface area (Å²) in [5, 5.41) is 1.33. The number of hydroxylamine groups is 1. The summed E-state index contributed by atoms with van der Waals surface area (Å²) in [7, 11) is 0. The van der Waals surface area contributed by atoms with Crippen molar-refractivity contribution < 1.29 is 4.84 Å². The Morgan fingerprint density at radius 1 is 1.29 bits per heavy atom. The van der Waals surface area contributed by atoms with E-state index in [-0.39, 0.29) is 0 Å². The second kappa shape index (κ2) is 4.98. The first kappa shape index (κ1) is 11.0. The van der Waals surface area contributed by atoms with Crippen molar-refractivity contribution in [1.82, 2.24) is 5.17 Å². The van der Waals surface area contributed by atoms with Gasteiger partial charge in [0.1, 0.15) is 5.75 Å². The Kier molecular flexibility index (Phi) is 3.92. The van der Waals surface area contributed by atoms with E-state index in [4.69, 9.17) is 10.7 Å². The SMILES string of the molecule is CCc1cc(C)cc(ON(N)CC)c1. The van der Waals surface area contributed by atoms with Gasteiger partial charge in [-0.2, -0.15) is 0 Å². The van der Waals surface area contributed by atoms with E-state index in [0.29, 0.717) is 6.54 Å². The van der Waals surface area contributed by atoms with E-state index in [9.17, 15) is 0 Å². The zero-order valence-corrected chi connectivity index (χ0v) is 9.08. The number of nitrogens with two attached hydrogens (primary N) is 1. The number of rotatable bonds is 4. The van der Waals surface area contributed by atoms with Gasteiger partial charge in [0.05, 0.1) is 0 Å². The molecule has 0 fully saturated rings. The number of nitrogens with zero attached hydrogens (tertiary/aromatic N) is 1. The summed E-state index contributed by atoms with van der Waals surface area (Å²) in [5.74, 6) is 6.37. The minimum absolute atomic E-state index is 0.662. The number of hydrazine groups is 1. The van der Waals surface area contributed by atoms with Crippen LogP contribution in [0.4, 0.5) is 0 Å². The molecule has 0 amide bonds. The molecule has 14 heavy (non-hydrogen) atoms. The van der Waals surface area contributed by atoms with E-state index in [1.54, 1.807) is 0 Å². The van der Waals surface area contributed by atoms with E-state index < -0.39 is 0 Å². The largest absolute Gasteiger partial charge is 0.391 e. The van der Waals surface area contributed by atoms with Crippen molar-refractivity contribution in [2.24, 2.45) is 5.84 Å². The third-order valence-electron chi connectivity index (χ3n) is 2.05. The predicted molar refractivity (Wildman–Crippen MR) is 57.8 cm³/mol. The normalized spacial score (nSPS) is 10.6. The van der Waals surface area contributed by atoms with Gasteiger partial charge in [0, 0.05) is 6.54 Å². The van der Waals surface area contributed by atoms with Gasteiger partial charge in [-0.3, -0.25) is 0 Å². The van der Waals surface area contributed by atoms with Crippen molar-refractivity contribution in [3.63, 3.8) is 0 Å². The highest BCUT2D eigenvalue weighted by molar-refractivity contribution is 5.33. The molecule has 1 aromatic carbocycles. The molecule has 3 heteroatoms. The zero-order chi connectivity index (χ0) is 10.6. The lowest BCUT2D eigenvalue weighted by Gasteiger charge is -2.15. The summed E-state index contributed by atoms with van der Waals surface area (Å²) in [6.45, 7) is 6.78. The third kappa shape index (κ3) is 3.01. The fraction of sp³-hybridized carbons (Fsp3) is 0.455. The van der Waals surface area contributed by atoms with Crippen LogP contribution in [0.1, 0.15) is 25.0 Å². The summed E-state index contributed by atoms with van der Waals surface area (Å²) >= 11 is 0. The van der Waals surface area contributed by atoms with Crippen LogP contribution in [-0.4, -0.2) is 11.7 Å². The Morgan fingerprint density at radius 2 is 2.00 bits per heavy atom. The van der Waals surface area contributed by atoms with E-state index in [0.717, 1.165) is 12.2 Å². The molecule has 78 valence electrons. The van der Waals surface area contributed by atoms with Crippen LogP contribution in [-0.2, 0) is 6.42 Å². The molecule has 0 aromatic heterocycles. The second-order valence-electron chi connectivity index (χ2n) is 3.33. The van der Waals surface area contributed by atoms with Crippen LogP contribution >= 0.6 is 0 Å². The maximum absolute atomic E-state index is 5.56. The molecule has 2 N–H and O–H groups in total. The minimum atomic E-state index is 0.662. The van der Waals surface area contributed by atoms with E-state index in [1.165, 1.54) is 16.3 Å². The van der Waals surface area contributed by atoms with Gasteiger partial charge in [-0.05, 0) is 43.5 Å². The number of hydrogen-bond acceptors (Lipinski definition) is 3. The van der Waals surface area contributed by atoms with E-state index in [2.05, 4.69) is 19.9 Å². The Bertz CT molecular complexity index is 299. The molecule has 0 unspecified atom stereocenters. The minimum Gasteiger partial charge on any atom is -0.391 e. The summed E-state index contributed by atoms with van der Waals surface area (Å²) in [6, 6.07) is 6.15. The Balaban J connectivity index is 2.81. The van der Waals surface area contributed by atoms with Gasteiger partial charge < -0.3 is 4.84 Å². The molecule has 3 nitrogen and oxygen atoms in total. The topological polar surface area (TPSA) is 38.5 Å². The molecule has 0 aliphatic carbocycles. The third-order valence-corrected chi connectivity index (χ3v) is 2.05. The van der Waals surface area contributed by atoms with Gasteiger partial charge >= 0.3 is 0 Å². The molecule has 0 aliphatic rings. The van der Waals surface area contributed by atoms with Crippen LogP contribution in [0.15, 0.2) is 18.2 Å². The first-order valence-corrected chi connectivity index (χ1v) is 4.96. The lowest BCUT2D eigenvalue weighted by molar-refractivity contribution is -0.0555. The average molecular weight is 194 g/mol. The van der Waals surface area contributed by atoms with Crippen molar-refractivity contribution in [2.45, 2.75) is 27.2 Å². The highest BCUT2D eigenvalue weighted by Crippen LogP contribution is 2.17. The Hall–Kier alpha value is -1.06. The molecule has 0 bridgehead atoms. The predicted octanol–water partition coefficient (Wildman–Crippen LogP) is 2.05. The Labute approximate surface area is 85.4 Å². The van der Waals surface area contributed by atoms with Crippen molar-refractivity contribution in [2.75, 3.05) is 6.54 Å². The van der Waals surface area contributed by atoms with E-state index in [1.807, 2.05) is 19.1 Å². The van der Waals surface area contributed by atoms with Gasteiger partial charge in [-0.25, -0.2) is 5.84 Å². The molecule has 1 rings (SSSR count). The van der Waals surface area contributed by atoms with Gasteiger partial charge in [0.15, 0.2) is 0 Å². The number of aryl methyl sites for hydroxylation is 2. The standard InChI is InChI=1S/C11H18N2O/c1-4-10-6-9(3)7-11(8-10)14-13(12)5-2/h6-8H,4-5,12H2,1-3H3. The lowest BCUT2D eigenvalue weighted by atomic mass is 10.1. The summed E-state index contributed by atoms with van der Waals surface area (Å²) < 4.78 is 0. The van der Waals surface area contributed by atoms with Crippen molar-refractivity contribution in [1.29, 1.82) is 0 Å². The van der Waals surface area contributed by atoms with Crippen LogP contribution < -0.4 is 10.7 Å². The molecule has 0 atom stereocenters. The van der Waals surface area contributed by atoms with Gasteiger partial charge in [-0.1, -0.05) is 18.2 Å². The molecular weight excluding hydrogens is 176 g/mol. The van der Waals surface area contributed by atoms with Gasteiger partial charge in [-0.15, -0.1) is 0 Å². The highest BCUT2D eigenvalue weighted by Gasteiger charge is 2.01. The Morgan fingerprint density at radius 3 is 2.57 bits per heavy atom. The van der Waals surface area contributed by atoms with Gasteiger partial charge in [0.2, 0.25) is 0 Å². The fourth-order valence-corrected chi connectivity index (χ4v) is 1.28. The number of hydrogen-bond donors (Lipinski definition) is 1. The molecule has 0 spiro atoms. The molecular formula is C11H18N2O. The monoisotopic (exact) mass is 194 g/mol. The van der Waals surface area contributed by atoms with Crippen LogP contribution in [0.5, 0.6) is 5.75 Å². The van der Waals surface area contributed by atoms with E-state index >= 15 is 0 Å². The summed E-state index contributed by atoms with van der Waals surface area (Å²) in [6.07, 6.45) is 1.01. The molecule has 0 saturated carbocycles. The van der Waals surface area contributed by atoms with Crippen molar-refractivity contribution >= 4 is 0 Å². The van der Waals surface area contributed by atoms with Crippen LogP contribution in [0.25, 0.3) is 0 Å². The summed E-state index contributed by atoms with van der Waals surface area (Å²) in [4.78, 5) is 5.40. The second-order valence-corrected chi connectivity index (χ2v) is 3.33. The smallest absolute Gasteiger partial charge is 0.149 e. The molecule has 0 saturated heterocycles. The molecule has 0 radical (unpaired) electrons. The molecule has 0 aliphatic heterocycles. The average Bonchev–Trinajstić information content (AvgIpc) is 2.16. The van der Waals surface area contributed by atoms with Crippen LogP contribution in [0.3, 0.4) is 0 Å². The van der Waals surface area contributed by atoms with Crippen LogP contribution in [0.2, 0.25) is 0 Å². The maximum atomic E-state index is 5.56. The highest BCUT2D eigenvalue weighted by atomic mass is 16.7. The van der Waals surface area contributed by atoms with Crippen LogP contribution in [0, 0.1) is 6.92 Å². The number of benzene rings is 1. The fourth-order valence-electron chi connectivity index (χ4n) is 1.28. The van der Waals surface area contributed by atoms with Crippen molar-refractivity contribution in [3.8, 4) is 5.75 Å².